The molecule has 0 bridgehead atoms. The van der Waals surface area contributed by atoms with Crippen molar-refractivity contribution in [2.24, 2.45) is 17.3 Å². The quantitative estimate of drug-likeness (QED) is 0.530. The molecule has 0 heterocycles. The fourth-order valence-electron chi connectivity index (χ4n) is 6.21. The SMILES string of the molecule is CCC(=O)Oc1ccc2c(c1)CC[C@@H]1[C@@H]2CC[C@]2(C)C(OC(=O)CC)CC[C@@H]12. The molecule has 4 nitrogen and oxygen atoms in total. The molecule has 152 valence electrons. The molecule has 4 rings (SSSR count). The van der Waals surface area contributed by atoms with Crippen molar-refractivity contribution in [2.45, 2.75) is 84.2 Å². The molecule has 0 aromatic heterocycles. The van der Waals surface area contributed by atoms with E-state index >= 15 is 0 Å². The zero-order valence-electron chi connectivity index (χ0n) is 17.3. The highest BCUT2D eigenvalue weighted by Gasteiger charge is 2.56. The Bertz CT molecular complexity index is 770. The number of carbonyl (C=O) groups is 2. The first-order valence-corrected chi connectivity index (χ1v) is 11.0. The molecule has 0 spiro atoms. The highest BCUT2D eigenvalue weighted by Crippen LogP contribution is 2.61. The Morgan fingerprint density at radius 3 is 2.61 bits per heavy atom. The zero-order chi connectivity index (χ0) is 19.9. The molecule has 1 unspecified atom stereocenters. The van der Waals surface area contributed by atoms with Crippen LogP contribution in [0.3, 0.4) is 0 Å². The van der Waals surface area contributed by atoms with Gasteiger partial charge in [-0.05, 0) is 79.5 Å². The Balaban J connectivity index is 1.54. The first kappa shape index (κ1) is 19.5. The van der Waals surface area contributed by atoms with Crippen LogP contribution in [0.5, 0.6) is 5.75 Å². The molecule has 3 aliphatic carbocycles. The number of hydrogen-bond acceptors (Lipinski definition) is 4. The van der Waals surface area contributed by atoms with Crippen LogP contribution in [0.15, 0.2) is 18.2 Å². The van der Waals surface area contributed by atoms with Crippen LogP contribution in [0, 0.1) is 17.3 Å². The van der Waals surface area contributed by atoms with Crippen molar-refractivity contribution < 1.29 is 19.1 Å². The average Bonchev–Trinajstić information content (AvgIpc) is 3.03. The number of benzene rings is 1. The van der Waals surface area contributed by atoms with Gasteiger partial charge in [0.25, 0.3) is 0 Å². The summed E-state index contributed by atoms with van der Waals surface area (Å²) in [6.07, 6.45) is 7.61. The first-order valence-electron chi connectivity index (χ1n) is 11.0. The van der Waals surface area contributed by atoms with E-state index in [1.165, 1.54) is 24.0 Å². The number of hydrogen-bond donors (Lipinski definition) is 0. The largest absolute Gasteiger partial charge is 0.462 e. The summed E-state index contributed by atoms with van der Waals surface area (Å²) in [6, 6.07) is 6.23. The van der Waals surface area contributed by atoms with Crippen molar-refractivity contribution in [3.63, 3.8) is 0 Å². The summed E-state index contributed by atoms with van der Waals surface area (Å²) in [6.45, 7) is 6.05. The van der Waals surface area contributed by atoms with E-state index in [9.17, 15) is 9.59 Å². The summed E-state index contributed by atoms with van der Waals surface area (Å²) in [4.78, 5) is 23.5. The lowest BCUT2D eigenvalue weighted by Crippen LogP contribution is -2.45. The van der Waals surface area contributed by atoms with Crippen molar-refractivity contribution in [3.8, 4) is 5.75 Å². The van der Waals surface area contributed by atoms with Crippen LogP contribution in [-0.4, -0.2) is 18.0 Å². The van der Waals surface area contributed by atoms with Crippen molar-refractivity contribution >= 4 is 11.9 Å². The monoisotopic (exact) mass is 384 g/mol. The van der Waals surface area contributed by atoms with Gasteiger partial charge in [0.15, 0.2) is 0 Å². The van der Waals surface area contributed by atoms with Gasteiger partial charge in [-0.3, -0.25) is 9.59 Å². The van der Waals surface area contributed by atoms with E-state index in [1.54, 1.807) is 0 Å². The van der Waals surface area contributed by atoms with Crippen LogP contribution in [0.4, 0.5) is 0 Å². The predicted octanol–water partition coefficient (Wildman–Crippen LogP) is 5.18. The number of esters is 2. The lowest BCUT2D eigenvalue weighted by Gasteiger charge is -2.50. The molecule has 0 radical (unpaired) electrons. The van der Waals surface area contributed by atoms with Gasteiger partial charge in [0, 0.05) is 18.3 Å². The maximum Gasteiger partial charge on any atom is 0.310 e. The fourth-order valence-corrected chi connectivity index (χ4v) is 6.21. The zero-order valence-corrected chi connectivity index (χ0v) is 17.3. The smallest absolute Gasteiger partial charge is 0.310 e. The predicted molar refractivity (Wildman–Crippen MR) is 107 cm³/mol. The van der Waals surface area contributed by atoms with E-state index in [2.05, 4.69) is 19.1 Å². The van der Waals surface area contributed by atoms with Crippen molar-refractivity contribution in [2.75, 3.05) is 0 Å². The fraction of sp³-hybridized carbons (Fsp3) is 0.667. The van der Waals surface area contributed by atoms with E-state index in [1.807, 2.05) is 19.9 Å². The summed E-state index contributed by atoms with van der Waals surface area (Å²) in [7, 11) is 0. The Hall–Kier alpha value is -1.84. The summed E-state index contributed by atoms with van der Waals surface area (Å²) >= 11 is 0. The molecular formula is C24H32O4. The molecular weight excluding hydrogens is 352 g/mol. The maximum atomic E-state index is 11.9. The Morgan fingerprint density at radius 2 is 1.86 bits per heavy atom. The van der Waals surface area contributed by atoms with Gasteiger partial charge < -0.3 is 9.47 Å². The van der Waals surface area contributed by atoms with Crippen LogP contribution < -0.4 is 4.74 Å². The van der Waals surface area contributed by atoms with Gasteiger partial charge >= 0.3 is 11.9 Å². The third-order valence-electron chi connectivity index (χ3n) is 7.69. The van der Waals surface area contributed by atoms with E-state index in [0.29, 0.717) is 36.3 Å². The van der Waals surface area contributed by atoms with Gasteiger partial charge in [-0.15, -0.1) is 0 Å². The number of fused-ring (bicyclic) bond motifs is 5. The minimum atomic E-state index is -0.180. The van der Waals surface area contributed by atoms with Gasteiger partial charge in [-0.1, -0.05) is 26.8 Å². The summed E-state index contributed by atoms with van der Waals surface area (Å²) in [5.41, 5.74) is 2.92. The van der Waals surface area contributed by atoms with Crippen molar-refractivity contribution in [1.82, 2.24) is 0 Å². The van der Waals surface area contributed by atoms with Gasteiger partial charge in [0.05, 0.1) is 0 Å². The van der Waals surface area contributed by atoms with E-state index in [4.69, 9.17) is 9.47 Å². The third kappa shape index (κ3) is 3.25. The van der Waals surface area contributed by atoms with Crippen molar-refractivity contribution in [3.05, 3.63) is 29.3 Å². The molecule has 1 aromatic rings. The molecule has 0 amide bonds. The van der Waals surface area contributed by atoms with Crippen LogP contribution in [0.2, 0.25) is 0 Å². The van der Waals surface area contributed by atoms with Crippen LogP contribution in [-0.2, 0) is 20.7 Å². The second-order valence-corrected chi connectivity index (χ2v) is 9.06. The molecule has 1 aromatic carbocycles. The number of carbonyl (C=O) groups excluding carboxylic acids is 2. The van der Waals surface area contributed by atoms with Crippen LogP contribution in [0.1, 0.15) is 82.8 Å². The van der Waals surface area contributed by atoms with Crippen LogP contribution in [0.25, 0.3) is 0 Å². The van der Waals surface area contributed by atoms with E-state index in [0.717, 1.165) is 25.7 Å². The number of ether oxygens (including phenoxy) is 2. The van der Waals surface area contributed by atoms with Gasteiger partial charge in [0.2, 0.25) is 0 Å². The summed E-state index contributed by atoms with van der Waals surface area (Å²) in [5.74, 6) is 2.32. The van der Waals surface area contributed by atoms with Gasteiger partial charge in [-0.2, -0.15) is 0 Å². The van der Waals surface area contributed by atoms with E-state index < -0.39 is 0 Å². The lowest BCUT2D eigenvalue weighted by atomic mass is 9.55. The Morgan fingerprint density at radius 1 is 1.07 bits per heavy atom. The second-order valence-electron chi connectivity index (χ2n) is 9.06. The minimum Gasteiger partial charge on any atom is -0.462 e. The Labute approximate surface area is 168 Å². The maximum absolute atomic E-state index is 11.9. The lowest BCUT2D eigenvalue weighted by molar-refractivity contribution is -0.157. The molecule has 0 saturated heterocycles. The molecule has 0 aliphatic heterocycles. The topological polar surface area (TPSA) is 52.6 Å². The normalized spacial score (nSPS) is 33.4. The molecule has 2 saturated carbocycles. The van der Waals surface area contributed by atoms with Gasteiger partial charge in [0.1, 0.15) is 11.9 Å². The first-order chi connectivity index (χ1) is 13.5. The summed E-state index contributed by atoms with van der Waals surface area (Å²) in [5, 5.41) is 0. The molecule has 28 heavy (non-hydrogen) atoms. The molecule has 3 aliphatic rings. The van der Waals surface area contributed by atoms with Crippen LogP contribution >= 0.6 is 0 Å². The molecule has 5 atom stereocenters. The number of aryl methyl sites for hydroxylation is 1. The van der Waals surface area contributed by atoms with Gasteiger partial charge in [-0.25, -0.2) is 0 Å². The highest BCUT2D eigenvalue weighted by atomic mass is 16.5. The number of rotatable bonds is 4. The Kier molecular flexibility index (Phi) is 5.24. The summed E-state index contributed by atoms with van der Waals surface area (Å²) < 4.78 is 11.3. The van der Waals surface area contributed by atoms with E-state index in [-0.39, 0.29) is 23.5 Å². The molecule has 2 fully saturated rings. The second kappa shape index (κ2) is 7.53. The minimum absolute atomic E-state index is 0.0582. The molecule has 4 heteroatoms. The molecule has 0 N–H and O–H groups in total. The average molecular weight is 385 g/mol. The third-order valence-corrected chi connectivity index (χ3v) is 7.69. The highest BCUT2D eigenvalue weighted by molar-refractivity contribution is 5.72. The van der Waals surface area contributed by atoms with Crippen molar-refractivity contribution in [1.29, 1.82) is 0 Å². The standard InChI is InChI=1S/C24H32O4/c1-4-22(25)27-16-7-9-17-15(14-16)6-8-19-18(17)12-13-24(3)20(19)10-11-21(24)28-23(26)5-2/h7,9,14,18-21H,4-6,8,10-13H2,1-3H3/t18-,19-,20+,21?,24+/m1/s1.